The summed E-state index contributed by atoms with van der Waals surface area (Å²) in [5, 5.41) is 12.4. The van der Waals surface area contributed by atoms with Crippen LogP contribution in [0.4, 0.5) is 11.4 Å². The van der Waals surface area contributed by atoms with Gasteiger partial charge in [0.15, 0.2) is 0 Å². The van der Waals surface area contributed by atoms with E-state index in [4.69, 9.17) is 23.2 Å². The number of halogens is 2. The zero-order valence-electron chi connectivity index (χ0n) is 21.3. The monoisotopic (exact) mass is 609 g/mol. The first kappa shape index (κ1) is 29.4. The Kier molecular flexibility index (Phi) is 10.4. The van der Waals surface area contributed by atoms with E-state index in [-0.39, 0.29) is 16.6 Å². The number of hydrogen-bond donors (Lipinski definition) is 3. The molecular formula is C30H25Cl2N3O3S2. The molecule has 40 heavy (non-hydrogen) atoms. The van der Waals surface area contributed by atoms with E-state index in [0.717, 1.165) is 10.5 Å². The summed E-state index contributed by atoms with van der Waals surface area (Å²) in [7, 11) is 0. The molecule has 1 atom stereocenters. The van der Waals surface area contributed by atoms with E-state index in [2.05, 4.69) is 16.0 Å². The van der Waals surface area contributed by atoms with E-state index in [1.807, 2.05) is 35.9 Å². The second kappa shape index (κ2) is 14.2. The summed E-state index contributed by atoms with van der Waals surface area (Å²) in [5.41, 5.74) is 2.31. The van der Waals surface area contributed by atoms with E-state index < -0.39 is 17.1 Å². The van der Waals surface area contributed by atoms with Gasteiger partial charge in [0.05, 0.1) is 21.0 Å². The van der Waals surface area contributed by atoms with Crippen LogP contribution in [0.5, 0.6) is 0 Å². The van der Waals surface area contributed by atoms with Crippen LogP contribution in [0.2, 0.25) is 10.0 Å². The van der Waals surface area contributed by atoms with Crippen molar-refractivity contribution in [1.82, 2.24) is 5.32 Å². The molecule has 1 aromatic heterocycles. The lowest BCUT2D eigenvalue weighted by atomic mass is 10.2. The fourth-order valence-corrected chi connectivity index (χ4v) is 5.59. The number of thioether (sulfide) groups is 1. The van der Waals surface area contributed by atoms with Gasteiger partial charge in [-0.2, -0.15) is 11.3 Å². The second-order valence-corrected chi connectivity index (χ2v) is 11.4. The van der Waals surface area contributed by atoms with Crippen molar-refractivity contribution in [3.8, 4) is 0 Å². The minimum absolute atomic E-state index is 0.106. The molecule has 3 amide bonds. The van der Waals surface area contributed by atoms with Crippen molar-refractivity contribution >= 4 is 81.5 Å². The van der Waals surface area contributed by atoms with Crippen LogP contribution in [-0.2, 0) is 9.59 Å². The summed E-state index contributed by atoms with van der Waals surface area (Å²) >= 11 is 15.2. The second-order valence-electron chi connectivity index (χ2n) is 8.52. The van der Waals surface area contributed by atoms with Gasteiger partial charge in [0, 0.05) is 16.1 Å². The molecule has 0 aliphatic rings. The molecule has 0 radical (unpaired) electrons. The lowest BCUT2D eigenvalue weighted by Gasteiger charge is -2.16. The zero-order valence-corrected chi connectivity index (χ0v) is 24.5. The third-order valence-corrected chi connectivity index (χ3v) is 8.50. The maximum Gasteiger partial charge on any atom is 0.272 e. The smallest absolute Gasteiger partial charge is 0.272 e. The standard InChI is InChI=1S/C30H25Cl2N3O3S2/c1-2-26(30(38)34-24-13-7-12-23(31)27(24)32)40-22-11-6-10-21(17-22)33-29(37)25(16-19-14-15-39-18-19)35-28(36)20-8-4-3-5-9-20/h3-18,26H,2H2,1H3,(H,33,37)(H,34,38)(H,35,36)/b25-16-. The van der Waals surface area contributed by atoms with Crippen molar-refractivity contribution < 1.29 is 14.4 Å². The molecule has 0 saturated carbocycles. The minimum Gasteiger partial charge on any atom is -0.324 e. The van der Waals surface area contributed by atoms with Crippen LogP contribution in [0, 0.1) is 0 Å². The van der Waals surface area contributed by atoms with Gasteiger partial charge < -0.3 is 16.0 Å². The molecular weight excluding hydrogens is 585 g/mol. The van der Waals surface area contributed by atoms with Crippen LogP contribution < -0.4 is 16.0 Å². The van der Waals surface area contributed by atoms with Crippen molar-refractivity contribution in [2.75, 3.05) is 10.6 Å². The van der Waals surface area contributed by atoms with Gasteiger partial charge >= 0.3 is 0 Å². The largest absolute Gasteiger partial charge is 0.324 e. The van der Waals surface area contributed by atoms with Gasteiger partial charge in [-0.25, -0.2) is 0 Å². The van der Waals surface area contributed by atoms with Crippen LogP contribution in [0.3, 0.4) is 0 Å². The van der Waals surface area contributed by atoms with E-state index in [0.29, 0.717) is 28.4 Å². The van der Waals surface area contributed by atoms with E-state index in [1.54, 1.807) is 66.7 Å². The van der Waals surface area contributed by atoms with Gasteiger partial charge in [-0.15, -0.1) is 11.8 Å². The fraction of sp³-hybridized carbons (Fsp3) is 0.100. The highest BCUT2D eigenvalue weighted by Gasteiger charge is 2.20. The summed E-state index contributed by atoms with van der Waals surface area (Å²) in [4.78, 5) is 39.8. The number of hydrogen-bond acceptors (Lipinski definition) is 5. The molecule has 3 aromatic carbocycles. The third kappa shape index (κ3) is 7.99. The van der Waals surface area contributed by atoms with Crippen molar-refractivity contribution in [1.29, 1.82) is 0 Å². The Morgan fingerprint density at radius 3 is 2.45 bits per heavy atom. The Balaban J connectivity index is 1.47. The predicted octanol–water partition coefficient (Wildman–Crippen LogP) is 7.97. The predicted molar refractivity (Wildman–Crippen MR) is 166 cm³/mol. The zero-order chi connectivity index (χ0) is 28.5. The number of benzene rings is 3. The summed E-state index contributed by atoms with van der Waals surface area (Å²) in [6.45, 7) is 1.92. The maximum atomic E-state index is 13.3. The Hall–Kier alpha value is -3.56. The maximum absolute atomic E-state index is 13.3. The Labute approximate surface area is 250 Å². The van der Waals surface area contributed by atoms with Crippen molar-refractivity contribution in [2.45, 2.75) is 23.5 Å². The molecule has 4 rings (SSSR count). The van der Waals surface area contributed by atoms with E-state index in [9.17, 15) is 14.4 Å². The van der Waals surface area contributed by atoms with E-state index in [1.165, 1.54) is 23.1 Å². The molecule has 0 saturated heterocycles. The van der Waals surface area contributed by atoms with Crippen LogP contribution in [0.25, 0.3) is 6.08 Å². The van der Waals surface area contributed by atoms with Crippen molar-refractivity contribution in [2.24, 2.45) is 0 Å². The van der Waals surface area contributed by atoms with Gasteiger partial charge in [-0.3, -0.25) is 14.4 Å². The summed E-state index contributed by atoms with van der Waals surface area (Å²) < 4.78 is 0. The van der Waals surface area contributed by atoms with Crippen molar-refractivity contribution in [3.63, 3.8) is 0 Å². The molecule has 1 unspecified atom stereocenters. The SMILES string of the molecule is CCC(Sc1cccc(NC(=O)/C(=C/c2ccsc2)NC(=O)c2ccccc2)c1)C(=O)Nc1cccc(Cl)c1Cl. The molecule has 6 nitrogen and oxygen atoms in total. The molecule has 3 N–H and O–H groups in total. The molecule has 10 heteroatoms. The summed E-state index contributed by atoms with van der Waals surface area (Å²) in [6, 6.07) is 22.8. The topological polar surface area (TPSA) is 87.3 Å². The van der Waals surface area contributed by atoms with Gasteiger partial charge in [0.1, 0.15) is 5.70 Å². The first-order valence-electron chi connectivity index (χ1n) is 12.3. The number of nitrogens with one attached hydrogen (secondary N) is 3. The Bertz CT molecular complexity index is 1530. The highest BCUT2D eigenvalue weighted by atomic mass is 35.5. The highest BCUT2D eigenvalue weighted by molar-refractivity contribution is 8.00. The number of thiophene rings is 1. The third-order valence-electron chi connectivity index (χ3n) is 5.63. The summed E-state index contributed by atoms with van der Waals surface area (Å²) in [5.74, 6) is -1.08. The molecule has 0 spiro atoms. The summed E-state index contributed by atoms with van der Waals surface area (Å²) in [6.07, 6.45) is 2.19. The molecule has 4 aromatic rings. The average molecular weight is 611 g/mol. The number of rotatable bonds is 10. The lowest BCUT2D eigenvalue weighted by Crippen LogP contribution is -2.30. The van der Waals surface area contributed by atoms with Gasteiger partial charge in [0.25, 0.3) is 11.8 Å². The number of amides is 3. The van der Waals surface area contributed by atoms with Crippen LogP contribution >= 0.6 is 46.3 Å². The molecule has 0 bridgehead atoms. The van der Waals surface area contributed by atoms with Gasteiger partial charge in [-0.05, 0) is 77.4 Å². The van der Waals surface area contributed by atoms with Gasteiger partial charge in [-0.1, -0.05) is 60.5 Å². The van der Waals surface area contributed by atoms with Gasteiger partial charge in [0.2, 0.25) is 5.91 Å². The van der Waals surface area contributed by atoms with Crippen molar-refractivity contribution in [3.05, 3.63) is 116 Å². The van der Waals surface area contributed by atoms with Crippen LogP contribution in [0.15, 0.2) is 100 Å². The lowest BCUT2D eigenvalue weighted by molar-refractivity contribution is -0.116. The Morgan fingerprint density at radius 2 is 1.73 bits per heavy atom. The first-order chi connectivity index (χ1) is 19.3. The molecule has 204 valence electrons. The molecule has 0 fully saturated rings. The average Bonchev–Trinajstić information content (AvgIpc) is 3.47. The highest BCUT2D eigenvalue weighted by Crippen LogP contribution is 2.32. The molecule has 1 heterocycles. The number of anilines is 2. The molecule has 0 aliphatic heterocycles. The van der Waals surface area contributed by atoms with Crippen LogP contribution in [-0.4, -0.2) is 23.0 Å². The normalized spacial score (nSPS) is 11.9. The fourth-order valence-electron chi connectivity index (χ4n) is 3.61. The minimum atomic E-state index is -0.474. The van der Waals surface area contributed by atoms with E-state index >= 15 is 0 Å². The first-order valence-corrected chi connectivity index (χ1v) is 14.8. The quantitative estimate of drug-likeness (QED) is 0.126. The number of carbonyl (C=O) groups excluding carboxylic acids is 3. The number of carbonyl (C=O) groups is 3. The Morgan fingerprint density at radius 1 is 0.950 bits per heavy atom. The molecule has 0 aliphatic carbocycles. The van der Waals surface area contributed by atoms with Crippen LogP contribution in [0.1, 0.15) is 29.3 Å².